The summed E-state index contributed by atoms with van der Waals surface area (Å²) < 4.78 is 0. The van der Waals surface area contributed by atoms with Crippen LogP contribution in [0.15, 0.2) is 0 Å². The summed E-state index contributed by atoms with van der Waals surface area (Å²) in [7, 11) is 0. The summed E-state index contributed by atoms with van der Waals surface area (Å²) in [4.78, 5) is 2.68. The number of hydrogen-bond acceptors (Lipinski definition) is 2. The molecule has 1 aliphatic rings. The molecule has 2 nitrogen and oxygen atoms in total. The van der Waals surface area contributed by atoms with Crippen LogP contribution in [-0.2, 0) is 0 Å². The Morgan fingerprint density at radius 1 is 1.16 bits per heavy atom. The summed E-state index contributed by atoms with van der Waals surface area (Å²) in [6.45, 7) is 14.5. The number of hydrogen-bond donors (Lipinski definition) is 1. The van der Waals surface area contributed by atoms with Gasteiger partial charge >= 0.3 is 0 Å². The Kier molecular flexibility index (Phi) is 8.01. The van der Waals surface area contributed by atoms with Gasteiger partial charge in [0.05, 0.1) is 0 Å². The van der Waals surface area contributed by atoms with Crippen LogP contribution >= 0.6 is 0 Å². The molecular formula is C17H36N2. The van der Waals surface area contributed by atoms with Crippen molar-refractivity contribution in [1.29, 1.82) is 0 Å². The third kappa shape index (κ3) is 6.76. The summed E-state index contributed by atoms with van der Waals surface area (Å²) in [5.74, 6) is 0. The number of nitrogens with one attached hydrogen (secondary N) is 1. The topological polar surface area (TPSA) is 15.3 Å². The molecule has 0 amide bonds. The van der Waals surface area contributed by atoms with Crippen molar-refractivity contribution < 1.29 is 0 Å². The van der Waals surface area contributed by atoms with Crippen LogP contribution in [-0.4, -0.2) is 37.1 Å². The summed E-state index contributed by atoms with van der Waals surface area (Å²) in [6, 6.07) is 0.699. The molecule has 1 N–H and O–H groups in total. The highest BCUT2D eigenvalue weighted by atomic mass is 15.1. The van der Waals surface area contributed by atoms with Gasteiger partial charge < -0.3 is 10.2 Å². The molecule has 2 heteroatoms. The molecule has 1 atom stereocenters. The molecule has 0 aliphatic carbocycles. The van der Waals surface area contributed by atoms with Crippen molar-refractivity contribution in [2.75, 3.05) is 26.2 Å². The molecule has 114 valence electrons. The lowest BCUT2D eigenvalue weighted by atomic mass is 9.78. The molecule has 0 bridgehead atoms. The average Bonchev–Trinajstić information content (AvgIpc) is 2.43. The Balaban J connectivity index is 2.02. The Morgan fingerprint density at radius 2 is 1.84 bits per heavy atom. The summed E-state index contributed by atoms with van der Waals surface area (Å²) in [6.07, 6.45) is 9.48. The second-order valence-electron chi connectivity index (χ2n) is 6.86. The lowest BCUT2D eigenvalue weighted by molar-refractivity contribution is 0.113. The number of unbranched alkanes of at least 4 members (excludes halogenated alkanes) is 1. The van der Waals surface area contributed by atoms with Crippen molar-refractivity contribution in [3.63, 3.8) is 0 Å². The van der Waals surface area contributed by atoms with E-state index in [1.54, 1.807) is 0 Å². The van der Waals surface area contributed by atoms with Crippen LogP contribution in [0.2, 0.25) is 0 Å². The van der Waals surface area contributed by atoms with Crippen LogP contribution < -0.4 is 5.32 Å². The van der Waals surface area contributed by atoms with Crippen molar-refractivity contribution in [1.82, 2.24) is 10.2 Å². The van der Waals surface area contributed by atoms with Crippen LogP contribution in [0.1, 0.15) is 72.6 Å². The van der Waals surface area contributed by atoms with Crippen molar-refractivity contribution in [2.45, 2.75) is 78.7 Å². The molecular weight excluding hydrogens is 232 g/mol. The SMILES string of the molecule is CCCNC(C)CCCCN1CCC(C)(CC)CC1. The zero-order valence-electron chi connectivity index (χ0n) is 13.8. The van der Waals surface area contributed by atoms with Gasteiger partial charge in [-0.1, -0.05) is 33.6 Å². The van der Waals surface area contributed by atoms with E-state index in [2.05, 4.69) is 37.9 Å². The molecule has 1 heterocycles. The molecule has 0 aromatic carbocycles. The third-order valence-electron chi connectivity index (χ3n) is 5.02. The molecule has 0 radical (unpaired) electrons. The Morgan fingerprint density at radius 3 is 2.42 bits per heavy atom. The molecule has 1 rings (SSSR count). The first-order valence-electron chi connectivity index (χ1n) is 8.55. The molecule has 0 aromatic rings. The zero-order chi connectivity index (χ0) is 14.1. The maximum Gasteiger partial charge on any atom is 0.00387 e. The van der Waals surface area contributed by atoms with Crippen molar-refractivity contribution in [3.05, 3.63) is 0 Å². The summed E-state index contributed by atoms with van der Waals surface area (Å²) in [5, 5.41) is 3.58. The second-order valence-corrected chi connectivity index (χ2v) is 6.86. The van der Waals surface area contributed by atoms with E-state index in [1.165, 1.54) is 71.1 Å². The summed E-state index contributed by atoms with van der Waals surface area (Å²) in [5.41, 5.74) is 0.634. The van der Waals surface area contributed by atoms with E-state index in [0.29, 0.717) is 11.5 Å². The first-order valence-corrected chi connectivity index (χ1v) is 8.55. The van der Waals surface area contributed by atoms with Crippen molar-refractivity contribution in [3.8, 4) is 0 Å². The smallest absolute Gasteiger partial charge is 0.00387 e. The van der Waals surface area contributed by atoms with Crippen LogP contribution in [0.4, 0.5) is 0 Å². The van der Waals surface area contributed by atoms with E-state index < -0.39 is 0 Å². The first kappa shape index (κ1) is 17.0. The predicted octanol–water partition coefficient (Wildman–Crippen LogP) is 4.06. The lowest BCUT2D eigenvalue weighted by Crippen LogP contribution is -2.38. The number of likely N-dealkylation sites (tertiary alicyclic amines) is 1. The fraction of sp³-hybridized carbons (Fsp3) is 1.00. The second kappa shape index (κ2) is 8.97. The first-order chi connectivity index (χ1) is 9.09. The van der Waals surface area contributed by atoms with Gasteiger partial charge in [0.2, 0.25) is 0 Å². The fourth-order valence-electron chi connectivity index (χ4n) is 2.95. The van der Waals surface area contributed by atoms with Crippen LogP contribution in [0.5, 0.6) is 0 Å². The van der Waals surface area contributed by atoms with Gasteiger partial charge in [-0.15, -0.1) is 0 Å². The Hall–Kier alpha value is -0.0800. The number of nitrogens with zero attached hydrogens (tertiary/aromatic N) is 1. The highest BCUT2D eigenvalue weighted by Gasteiger charge is 2.27. The maximum absolute atomic E-state index is 3.58. The minimum absolute atomic E-state index is 0.634. The van der Waals surface area contributed by atoms with Gasteiger partial charge in [-0.05, 0) is 70.6 Å². The van der Waals surface area contributed by atoms with Crippen LogP contribution in [0.3, 0.4) is 0 Å². The molecule has 1 aliphatic heterocycles. The van der Waals surface area contributed by atoms with E-state index in [4.69, 9.17) is 0 Å². The molecule has 0 saturated carbocycles. The Labute approximate surface area is 121 Å². The van der Waals surface area contributed by atoms with E-state index in [0.717, 1.165) is 0 Å². The van der Waals surface area contributed by atoms with Gasteiger partial charge in [0.1, 0.15) is 0 Å². The zero-order valence-corrected chi connectivity index (χ0v) is 13.8. The molecule has 1 saturated heterocycles. The fourth-order valence-corrected chi connectivity index (χ4v) is 2.95. The van der Waals surface area contributed by atoms with Gasteiger partial charge in [-0.3, -0.25) is 0 Å². The van der Waals surface area contributed by atoms with Crippen LogP contribution in [0, 0.1) is 5.41 Å². The molecule has 0 aromatic heterocycles. The molecule has 1 unspecified atom stereocenters. The van der Waals surface area contributed by atoms with E-state index in [-0.39, 0.29) is 0 Å². The minimum atomic E-state index is 0.634. The van der Waals surface area contributed by atoms with Crippen molar-refractivity contribution in [2.24, 2.45) is 5.41 Å². The highest BCUT2D eigenvalue weighted by Crippen LogP contribution is 2.33. The average molecular weight is 268 g/mol. The van der Waals surface area contributed by atoms with Gasteiger partial charge in [-0.25, -0.2) is 0 Å². The third-order valence-corrected chi connectivity index (χ3v) is 5.02. The van der Waals surface area contributed by atoms with Gasteiger partial charge in [-0.2, -0.15) is 0 Å². The van der Waals surface area contributed by atoms with Gasteiger partial charge in [0.15, 0.2) is 0 Å². The van der Waals surface area contributed by atoms with E-state index in [1.807, 2.05) is 0 Å². The highest BCUT2D eigenvalue weighted by molar-refractivity contribution is 4.81. The number of rotatable bonds is 9. The summed E-state index contributed by atoms with van der Waals surface area (Å²) >= 11 is 0. The minimum Gasteiger partial charge on any atom is -0.314 e. The normalized spacial score (nSPS) is 21.5. The van der Waals surface area contributed by atoms with Gasteiger partial charge in [0.25, 0.3) is 0 Å². The monoisotopic (exact) mass is 268 g/mol. The standard InChI is InChI=1S/C17H36N2/c1-5-12-18-16(3)9-7-8-13-19-14-10-17(4,6-2)11-15-19/h16,18H,5-15H2,1-4H3. The van der Waals surface area contributed by atoms with E-state index in [9.17, 15) is 0 Å². The lowest BCUT2D eigenvalue weighted by Gasteiger charge is -2.39. The van der Waals surface area contributed by atoms with Gasteiger partial charge in [0, 0.05) is 6.04 Å². The largest absolute Gasteiger partial charge is 0.314 e. The molecule has 0 spiro atoms. The van der Waals surface area contributed by atoms with Crippen molar-refractivity contribution >= 4 is 0 Å². The predicted molar refractivity (Wildman–Crippen MR) is 85.7 cm³/mol. The quantitative estimate of drug-likeness (QED) is 0.635. The number of piperidine rings is 1. The van der Waals surface area contributed by atoms with Crippen LogP contribution in [0.25, 0.3) is 0 Å². The van der Waals surface area contributed by atoms with E-state index >= 15 is 0 Å². The molecule has 19 heavy (non-hydrogen) atoms. The maximum atomic E-state index is 3.58. The molecule has 1 fully saturated rings. The Bertz CT molecular complexity index is 219.